The number of carbonyl (C=O) groups excluding carboxylic acids is 1. The normalized spacial score (nSPS) is 17.1. The van der Waals surface area contributed by atoms with Gasteiger partial charge in [-0.2, -0.15) is 0 Å². The molecule has 2 rings (SSSR count). The molecular formula is C18H31NO. The number of carbonyl (C=O) groups is 1. The first kappa shape index (κ1) is 12.0. The van der Waals surface area contributed by atoms with Crippen LogP contribution in [0.25, 0.3) is 0 Å². The molecule has 1 amide bonds. The Hall–Kier alpha value is -1.83. The Labute approximate surface area is 130 Å². The second-order valence-corrected chi connectivity index (χ2v) is 5.54. The molecule has 0 saturated carbocycles. The van der Waals surface area contributed by atoms with Crippen LogP contribution in [0.3, 0.4) is 0 Å². The summed E-state index contributed by atoms with van der Waals surface area (Å²) in [7, 11) is 0. The van der Waals surface area contributed by atoms with Crippen molar-refractivity contribution in [2.24, 2.45) is 0 Å². The lowest BCUT2D eigenvalue weighted by molar-refractivity contribution is -0.125. The highest BCUT2D eigenvalue weighted by Crippen LogP contribution is 2.23. The van der Waals surface area contributed by atoms with Crippen LogP contribution in [-0.2, 0) is 11.3 Å². The molecule has 2 heteroatoms. The van der Waals surface area contributed by atoms with Gasteiger partial charge in [0, 0.05) is 27.5 Å². The number of hydrogen-bond donors (Lipinski definition) is 0. The molecule has 0 saturated heterocycles. The molecule has 0 fully saturated rings. The summed E-state index contributed by atoms with van der Waals surface area (Å²) in [5.41, 5.74) is 4.62. The maximum Gasteiger partial charge on any atom is 0.250 e. The number of rotatable bonds is 5. The van der Waals surface area contributed by atoms with E-state index in [1.807, 2.05) is 30.0 Å². The largest absolute Gasteiger partial charge is 0.330 e. The fraction of sp³-hybridized carbons (Fsp3) is 0.389. The molecule has 0 spiro atoms. The van der Waals surface area contributed by atoms with Gasteiger partial charge in [-0.25, -0.2) is 0 Å². The Balaban J connectivity index is -0.000000824. The van der Waals surface area contributed by atoms with E-state index < -0.39 is 0 Å². The minimum absolute atomic E-state index is 0. The number of allylic oxidation sites excluding steroid dienone is 1. The highest BCUT2D eigenvalue weighted by molar-refractivity contribution is 5.97. The summed E-state index contributed by atoms with van der Waals surface area (Å²) in [5, 5.41) is 0. The van der Waals surface area contributed by atoms with E-state index in [1.54, 1.807) is 0 Å². The molecule has 2 nitrogen and oxygen atoms in total. The molecule has 1 heterocycles. The molecular weight excluding hydrogens is 246 g/mol. The van der Waals surface area contributed by atoms with E-state index >= 15 is 0 Å². The van der Waals surface area contributed by atoms with Gasteiger partial charge in [0.1, 0.15) is 0 Å². The molecule has 0 bridgehead atoms. The highest BCUT2D eigenvalue weighted by atomic mass is 16.2. The lowest BCUT2D eigenvalue weighted by atomic mass is 10.1. The van der Waals surface area contributed by atoms with Crippen molar-refractivity contribution in [3.8, 4) is 0 Å². The van der Waals surface area contributed by atoms with Crippen LogP contribution < -0.4 is 0 Å². The molecule has 1 aliphatic heterocycles. The smallest absolute Gasteiger partial charge is 0.250 e. The van der Waals surface area contributed by atoms with Gasteiger partial charge in [-0.1, -0.05) is 55.3 Å². The van der Waals surface area contributed by atoms with Gasteiger partial charge in [0.05, 0.1) is 0 Å². The van der Waals surface area contributed by atoms with E-state index in [9.17, 15) is 4.79 Å². The maximum atomic E-state index is 12.3. The summed E-state index contributed by atoms with van der Waals surface area (Å²) >= 11 is 0. The van der Waals surface area contributed by atoms with Gasteiger partial charge in [-0.3, -0.25) is 4.79 Å². The van der Waals surface area contributed by atoms with E-state index in [2.05, 4.69) is 32.1 Å². The van der Waals surface area contributed by atoms with Gasteiger partial charge in [0.15, 0.2) is 0 Å². The van der Waals surface area contributed by atoms with Crippen LogP contribution in [0.5, 0.6) is 0 Å². The van der Waals surface area contributed by atoms with Crippen LogP contribution in [-0.4, -0.2) is 17.4 Å². The predicted molar refractivity (Wildman–Crippen MR) is 91.7 cm³/mol. The molecule has 0 unspecified atom stereocenters. The Kier molecular flexibility index (Phi) is 3.92. The van der Waals surface area contributed by atoms with Crippen molar-refractivity contribution in [1.29, 1.82) is 0 Å². The highest BCUT2D eigenvalue weighted by Gasteiger charge is 2.25. The van der Waals surface area contributed by atoms with Crippen molar-refractivity contribution in [2.45, 2.75) is 40.2 Å². The zero-order valence-corrected chi connectivity index (χ0v) is 12.6. The summed E-state index contributed by atoms with van der Waals surface area (Å²) < 4.78 is 20.0. The fourth-order valence-corrected chi connectivity index (χ4v) is 2.62. The first-order valence-corrected chi connectivity index (χ1v) is 7.32. The number of hydrogen-bond acceptors (Lipinski definition) is 1. The van der Waals surface area contributed by atoms with Crippen LogP contribution in [0.1, 0.15) is 48.0 Å². The molecule has 0 aliphatic carbocycles. The van der Waals surface area contributed by atoms with E-state index in [1.165, 1.54) is 16.7 Å². The average Bonchev–Trinajstić information content (AvgIpc) is 2.87. The van der Waals surface area contributed by atoms with Gasteiger partial charge >= 0.3 is 0 Å². The number of amides is 1. The van der Waals surface area contributed by atoms with E-state index in [0.29, 0.717) is 6.54 Å². The standard InChI is InChI=1S/C18H23NO.4H2/c1-4-8-14(2)11-17-13-19(18(20)15(17)3)12-16-9-6-5-7-10-16;;;;/h5-7,9-11H,4,8,12-13H2,1-3H3;4*1H/i;2*1+1D;2*1+1. The van der Waals surface area contributed by atoms with Crippen molar-refractivity contribution in [3.63, 3.8) is 0 Å². The van der Waals surface area contributed by atoms with Crippen molar-refractivity contribution < 1.29 is 13.6 Å². The first-order chi connectivity index (χ1) is 11.6. The minimum atomic E-state index is 0. The fourth-order valence-electron chi connectivity index (χ4n) is 2.62. The summed E-state index contributed by atoms with van der Waals surface area (Å²) in [6.07, 6.45) is 4.45. The lowest BCUT2D eigenvalue weighted by Crippen LogP contribution is -2.26. The lowest BCUT2D eigenvalue weighted by Gasteiger charge is -2.16. The molecule has 1 aromatic carbocycles. The molecule has 0 radical (unpaired) electrons. The van der Waals surface area contributed by atoms with Gasteiger partial charge in [0.25, 0.3) is 0 Å². The molecule has 1 aromatic rings. The Bertz CT molecular complexity index is 560. The third kappa shape index (κ3) is 3.38. The zero-order chi connectivity index (χ0) is 18.5. The second kappa shape index (κ2) is 6.56. The van der Waals surface area contributed by atoms with E-state index in [-0.39, 0.29) is 8.76 Å². The van der Waals surface area contributed by atoms with Crippen molar-refractivity contribution in [2.75, 3.05) is 6.54 Å². The average molecular weight is 283 g/mol. The van der Waals surface area contributed by atoms with Gasteiger partial charge in [-0.05, 0) is 31.4 Å². The van der Waals surface area contributed by atoms with Crippen LogP contribution in [0.4, 0.5) is 0 Å². The third-order valence-electron chi connectivity index (χ3n) is 3.73. The monoisotopic (exact) mass is 283 g/mol. The Morgan fingerprint density at radius 2 is 2.10 bits per heavy atom. The molecule has 0 aromatic heterocycles. The topological polar surface area (TPSA) is 20.3 Å². The number of nitrogens with zero attached hydrogens (tertiary/aromatic N) is 1. The molecule has 0 atom stereocenters. The Morgan fingerprint density at radius 1 is 1.40 bits per heavy atom. The number of benzene rings is 1. The molecule has 20 heavy (non-hydrogen) atoms. The molecule has 0 N–H and O–H groups in total. The van der Waals surface area contributed by atoms with Gasteiger partial charge in [-0.15, -0.1) is 0 Å². The predicted octanol–water partition coefficient (Wildman–Crippen LogP) is 5.08. The first-order valence-electron chi connectivity index (χ1n) is 9.32. The summed E-state index contributed by atoms with van der Waals surface area (Å²) in [4.78, 5) is 14.2. The summed E-state index contributed by atoms with van der Waals surface area (Å²) in [6.45, 7) is 7.70. The molecule has 1 aliphatic rings. The second-order valence-electron chi connectivity index (χ2n) is 5.54. The van der Waals surface area contributed by atoms with Crippen molar-refractivity contribution in [1.82, 2.24) is 4.90 Å². The zero-order valence-electron chi connectivity index (χ0n) is 16.6. The minimum Gasteiger partial charge on any atom is -0.330 e. The summed E-state index contributed by atoms with van der Waals surface area (Å²) in [5.74, 6) is 0.171. The Morgan fingerprint density at radius 3 is 2.75 bits per heavy atom. The molecule has 114 valence electrons. The van der Waals surface area contributed by atoms with Crippen LogP contribution in [0, 0.1) is 0 Å². The van der Waals surface area contributed by atoms with Crippen LogP contribution in [0.2, 0.25) is 0 Å². The van der Waals surface area contributed by atoms with Crippen molar-refractivity contribution >= 4 is 5.91 Å². The van der Waals surface area contributed by atoms with E-state index in [0.717, 1.165) is 25.0 Å². The van der Waals surface area contributed by atoms with Crippen molar-refractivity contribution in [3.05, 3.63) is 58.7 Å². The van der Waals surface area contributed by atoms with E-state index in [4.69, 9.17) is 5.94 Å². The van der Waals surface area contributed by atoms with Gasteiger partial charge in [0.2, 0.25) is 5.91 Å². The third-order valence-corrected chi connectivity index (χ3v) is 3.73. The quantitative estimate of drug-likeness (QED) is 0.738. The maximum absolute atomic E-state index is 12.3. The summed E-state index contributed by atoms with van der Waals surface area (Å²) in [6, 6.07) is 10.2. The SMILES string of the molecule is CCCC(C)=CC1=C(C)C(=O)N(Cc2ccccc2)C1.[2HH].[2HH].[2H][2H].[2H][2H]. The van der Waals surface area contributed by atoms with Gasteiger partial charge < -0.3 is 4.90 Å². The van der Waals surface area contributed by atoms with Crippen LogP contribution in [0.15, 0.2) is 53.1 Å². The van der Waals surface area contributed by atoms with Crippen LogP contribution >= 0.6 is 0 Å².